The van der Waals surface area contributed by atoms with Crippen LogP contribution in [0.15, 0.2) is 18.2 Å². The summed E-state index contributed by atoms with van der Waals surface area (Å²) in [6.45, 7) is 3.50. The molecule has 2 heterocycles. The molecule has 0 saturated carbocycles. The average molecular weight is 309 g/mol. The maximum atomic E-state index is 13.8. The highest BCUT2D eigenvalue weighted by atomic mass is 32.1. The van der Waals surface area contributed by atoms with Crippen LogP contribution in [0.1, 0.15) is 18.4 Å². The van der Waals surface area contributed by atoms with Crippen LogP contribution in [0, 0.1) is 5.82 Å². The van der Waals surface area contributed by atoms with Gasteiger partial charge in [-0.2, -0.15) is 0 Å². The zero-order chi connectivity index (χ0) is 14.8. The van der Waals surface area contributed by atoms with E-state index in [2.05, 4.69) is 10.2 Å². The number of hydrogen-bond acceptors (Lipinski definition) is 4. The summed E-state index contributed by atoms with van der Waals surface area (Å²) in [4.78, 5) is 2.55. The topological polar surface area (TPSA) is 50.5 Å². The molecule has 3 rings (SSSR count). The van der Waals surface area contributed by atoms with Crippen molar-refractivity contribution >= 4 is 22.9 Å². The molecule has 3 N–H and O–H groups in total. The first-order valence-electron chi connectivity index (χ1n) is 7.33. The van der Waals surface area contributed by atoms with Crippen molar-refractivity contribution in [3.05, 3.63) is 29.6 Å². The fraction of sp³-hybridized carbons (Fsp3) is 0.533. The number of nitrogens with one attached hydrogen (secondary N) is 1. The summed E-state index contributed by atoms with van der Waals surface area (Å²) in [7, 11) is 0. The van der Waals surface area contributed by atoms with E-state index in [9.17, 15) is 4.39 Å². The molecule has 0 spiro atoms. The SMILES string of the molecule is NC(=S)c1c(F)cccc1NCC1CN2CCCC2CO1. The predicted molar refractivity (Wildman–Crippen MR) is 85.1 cm³/mol. The second-order valence-electron chi connectivity index (χ2n) is 5.65. The molecule has 2 aliphatic heterocycles. The molecular formula is C15H20FN3OS. The predicted octanol–water partition coefficient (Wildman–Crippen LogP) is 1.73. The molecule has 0 aromatic heterocycles. The van der Waals surface area contributed by atoms with Crippen LogP contribution < -0.4 is 11.1 Å². The Morgan fingerprint density at radius 2 is 2.38 bits per heavy atom. The Kier molecular flexibility index (Phi) is 4.37. The maximum absolute atomic E-state index is 13.8. The van der Waals surface area contributed by atoms with Crippen molar-refractivity contribution < 1.29 is 9.13 Å². The first-order chi connectivity index (χ1) is 10.1. The largest absolute Gasteiger partial charge is 0.389 e. The first-order valence-corrected chi connectivity index (χ1v) is 7.74. The number of hydrogen-bond donors (Lipinski definition) is 2. The summed E-state index contributed by atoms with van der Waals surface area (Å²) < 4.78 is 19.7. The van der Waals surface area contributed by atoms with Gasteiger partial charge in [-0.1, -0.05) is 18.3 Å². The number of nitrogens with two attached hydrogens (primary N) is 1. The highest BCUT2D eigenvalue weighted by molar-refractivity contribution is 7.80. The lowest BCUT2D eigenvalue weighted by Gasteiger charge is -2.35. The lowest BCUT2D eigenvalue weighted by molar-refractivity contribution is -0.0415. The van der Waals surface area contributed by atoms with Gasteiger partial charge < -0.3 is 15.8 Å². The molecule has 2 atom stereocenters. The second kappa shape index (κ2) is 6.25. The van der Waals surface area contributed by atoms with E-state index in [1.54, 1.807) is 12.1 Å². The number of fused-ring (bicyclic) bond motifs is 1. The average Bonchev–Trinajstić information content (AvgIpc) is 2.92. The molecule has 2 fully saturated rings. The molecular weight excluding hydrogens is 289 g/mol. The van der Waals surface area contributed by atoms with E-state index in [1.807, 2.05) is 0 Å². The van der Waals surface area contributed by atoms with Gasteiger partial charge in [-0.05, 0) is 31.5 Å². The summed E-state index contributed by atoms with van der Waals surface area (Å²) in [6, 6.07) is 5.39. The molecule has 0 bridgehead atoms. The minimum atomic E-state index is -0.392. The molecule has 6 heteroatoms. The van der Waals surface area contributed by atoms with Gasteiger partial charge in [0, 0.05) is 24.8 Å². The van der Waals surface area contributed by atoms with Crippen LogP contribution in [-0.4, -0.2) is 48.3 Å². The van der Waals surface area contributed by atoms with E-state index in [0.29, 0.717) is 18.3 Å². The number of thiocarbonyl (C=S) groups is 1. The lowest BCUT2D eigenvalue weighted by atomic mass is 10.1. The van der Waals surface area contributed by atoms with E-state index in [-0.39, 0.29) is 16.7 Å². The minimum Gasteiger partial charge on any atom is -0.389 e. The van der Waals surface area contributed by atoms with Gasteiger partial charge in [-0.15, -0.1) is 0 Å². The summed E-state index contributed by atoms with van der Waals surface area (Å²) in [5.41, 5.74) is 6.52. The first kappa shape index (κ1) is 14.7. The summed E-state index contributed by atoms with van der Waals surface area (Å²) in [5.74, 6) is -0.392. The molecule has 2 unspecified atom stereocenters. The maximum Gasteiger partial charge on any atom is 0.135 e. The van der Waals surface area contributed by atoms with Gasteiger partial charge >= 0.3 is 0 Å². The Hall–Kier alpha value is -1.24. The molecule has 4 nitrogen and oxygen atoms in total. The number of nitrogens with zero attached hydrogens (tertiary/aromatic N) is 1. The van der Waals surface area contributed by atoms with E-state index < -0.39 is 5.82 Å². The van der Waals surface area contributed by atoms with Crippen LogP contribution in [0.25, 0.3) is 0 Å². The van der Waals surface area contributed by atoms with Gasteiger partial charge in [0.2, 0.25) is 0 Å². The molecule has 21 heavy (non-hydrogen) atoms. The molecule has 0 radical (unpaired) electrons. The van der Waals surface area contributed by atoms with Crippen molar-refractivity contribution in [2.75, 3.05) is 31.6 Å². The Morgan fingerprint density at radius 3 is 3.19 bits per heavy atom. The zero-order valence-corrected chi connectivity index (χ0v) is 12.7. The van der Waals surface area contributed by atoms with E-state index in [0.717, 1.165) is 19.7 Å². The number of benzene rings is 1. The number of rotatable bonds is 4. The van der Waals surface area contributed by atoms with Crippen LogP contribution in [0.2, 0.25) is 0 Å². The standard InChI is InChI=1S/C15H20FN3OS/c16-12-4-1-5-13(14(12)15(17)21)18-7-11-8-19-6-2-3-10(19)9-20-11/h1,4-5,10-11,18H,2-3,6-9H2,(H2,17,21). The highest BCUT2D eigenvalue weighted by Gasteiger charge is 2.32. The molecule has 0 aliphatic carbocycles. The zero-order valence-electron chi connectivity index (χ0n) is 11.8. The van der Waals surface area contributed by atoms with E-state index in [1.165, 1.54) is 18.9 Å². The van der Waals surface area contributed by atoms with Crippen LogP contribution in [-0.2, 0) is 4.74 Å². The van der Waals surface area contributed by atoms with E-state index >= 15 is 0 Å². The Balaban J connectivity index is 1.63. The molecule has 114 valence electrons. The van der Waals surface area contributed by atoms with E-state index in [4.69, 9.17) is 22.7 Å². The third-order valence-corrected chi connectivity index (χ3v) is 4.45. The summed E-state index contributed by atoms with van der Waals surface area (Å²) in [5, 5.41) is 3.23. The van der Waals surface area contributed by atoms with Crippen molar-refractivity contribution in [3.63, 3.8) is 0 Å². The molecule has 2 saturated heterocycles. The van der Waals surface area contributed by atoms with Crippen LogP contribution in [0.5, 0.6) is 0 Å². The van der Waals surface area contributed by atoms with Gasteiger partial charge in [-0.3, -0.25) is 4.90 Å². The second-order valence-corrected chi connectivity index (χ2v) is 6.09. The Bertz CT molecular complexity index is 540. The monoisotopic (exact) mass is 309 g/mol. The van der Waals surface area contributed by atoms with Gasteiger partial charge in [0.1, 0.15) is 10.8 Å². The van der Waals surface area contributed by atoms with Crippen LogP contribution >= 0.6 is 12.2 Å². The molecule has 1 aromatic rings. The normalized spacial score (nSPS) is 25.6. The Morgan fingerprint density at radius 1 is 1.52 bits per heavy atom. The molecule has 1 aromatic carbocycles. The van der Waals surface area contributed by atoms with Crippen LogP contribution in [0.3, 0.4) is 0 Å². The lowest BCUT2D eigenvalue weighted by Crippen LogP contribution is -2.48. The third kappa shape index (κ3) is 3.17. The minimum absolute atomic E-state index is 0.0692. The summed E-state index contributed by atoms with van der Waals surface area (Å²) in [6.07, 6.45) is 2.60. The Labute approximate surface area is 129 Å². The van der Waals surface area contributed by atoms with Crippen molar-refractivity contribution in [3.8, 4) is 0 Å². The molecule has 0 amide bonds. The number of morpholine rings is 1. The van der Waals surface area contributed by atoms with Crippen molar-refractivity contribution in [2.45, 2.75) is 25.0 Å². The highest BCUT2D eigenvalue weighted by Crippen LogP contribution is 2.24. The summed E-state index contributed by atoms with van der Waals surface area (Å²) >= 11 is 4.93. The number of ether oxygens (including phenoxy) is 1. The van der Waals surface area contributed by atoms with Crippen LogP contribution in [0.4, 0.5) is 10.1 Å². The smallest absolute Gasteiger partial charge is 0.135 e. The van der Waals surface area contributed by atoms with Gasteiger partial charge in [0.15, 0.2) is 0 Å². The molecule has 2 aliphatic rings. The third-order valence-electron chi connectivity index (χ3n) is 4.24. The van der Waals surface area contributed by atoms with Gasteiger partial charge in [0.05, 0.1) is 18.3 Å². The number of halogens is 1. The fourth-order valence-corrected chi connectivity index (χ4v) is 3.36. The van der Waals surface area contributed by atoms with Gasteiger partial charge in [-0.25, -0.2) is 4.39 Å². The van der Waals surface area contributed by atoms with Crippen molar-refractivity contribution in [2.24, 2.45) is 5.73 Å². The van der Waals surface area contributed by atoms with Crippen molar-refractivity contribution in [1.29, 1.82) is 0 Å². The number of anilines is 1. The fourth-order valence-electron chi connectivity index (χ4n) is 3.15. The van der Waals surface area contributed by atoms with Gasteiger partial charge in [0.25, 0.3) is 0 Å². The van der Waals surface area contributed by atoms with Crippen molar-refractivity contribution in [1.82, 2.24) is 4.90 Å². The quantitative estimate of drug-likeness (QED) is 0.830.